The van der Waals surface area contributed by atoms with Gasteiger partial charge in [0.15, 0.2) is 0 Å². The number of anilines is 6. The number of para-hydroxylation sites is 3. The van der Waals surface area contributed by atoms with Crippen molar-refractivity contribution in [1.82, 2.24) is 0 Å². The van der Waals surface area contributed by atoms with E-state index in [2.05, 4.69) is 150 Å². The molecule has 9 aromatic carbocycles. The maximum Gasteiger partial charge on any atom is 0.0727 e. The molecule has 1 unspecified atom stereocenters. The minimum atomic E-state index is -0.738. The Morgan fingerprint density at radius 1 is 0.309 bits per heavy atom. The Hall–Kier alpha value is -7.16. The van der Waals surface area contributed by atoms with Crippen molar-refractivity contribution in [2.24, 2.45) is 0 Å². The summed E-state index contributed by atoms with van der Waals surface area (Å²) in [7, 11) is 0. The van der Waals surface area contributed by atoms with E-state index >= 15 is 0 Å². The number of hydrogen-bond donors (Lipinski definition) is 0. The first kappa shape index (κ1) is 26.6. The average Bonchev–Trinajstić information content (AvgIpc) is 3.76. The Morgan fingerprint density at radius 3 is 1.33 bits per heavy atom. The van der Waals surface area contributed by atoms with Crippen LogP contribution in [0.25, 0.3) is 33.0 Å². The van der Waals surface area contributed by atoms with Crippen molar-refractivity contribution in [2.45, 2.75) is 5.41 Å². The fourth-order valence-corrected chi connectivity index (χ4v) is 9.07. The summed E-state index contributed by atoms with van der Waals surface area (Å²) in [5.74, 6) is 0. The molecule has 0 amide bonds. The molecule has 2 nitrogen and oxygen atoms in total. The van der Waals surface area contributed by atoms with Gasteiger partial charge in [-0.1, -0.05) is 146 Å². The highest BCUT2D eigenvalue weighted by atomic mass is 15.1. The van der Waals surface area contributed by atoms with Gasteiger partial charge >= 0.3 is 0 Å². The zero-order valence-electron chi connectivity index (χ0n) is 34.8. The summed E-state index contributed by atoms with van der Waals surface area (Å²) in [5.41, 5.74) is 13.0. The Morgan fingerprint density at radius 2 is 0.745 bits per heavy atom. The summed E-state index contributed by atoms with van der Waals surface area (Å²) in [4.78, 5) is 4.14. The van der Waals surface area contributed by atoms with Crippen LogP contribution in [0.5, 0.6) is 0 Å². The average molecular weight is 706 g/mol. The monoisotopic (exact) mass is 705 g/mol. The highest BCUT2D eigenvalue weighted by molar-refractivity contribution is 5.98. The fourth-order valence-electron chi connectivity index (χ4n) is 9.07. The van der Waals surface area contributed by atoms with Crippen LogP contribution >= 0.6 is 0 Å². The van der Waals surface area contributed by atoms with Crippen molar-refractivity contribution in [3.05, 3.63) is 241 Å². The second-order valence-corrected chi connectivity index (χ2v) is 14.1. The summed E-state index contributed by atoms with van der Waals surface area (Å²) in [5, 5.41) is 2.34. The molecule has 0 radical (unpaired) electrons. The summed E-state index contributed by atoms with van der Waals surface area (Å²) >= 11 is 0. The first-order valence-electron chi connectivity index (χ1n) is 21.1. The molecule has 55 heavy (non-hydrogen) atoms. The summed E-state index contributed by atoms with van der Waals surface area (Å²) in [6.07, 6.45) is 0. The van der Waals surface area contributed by atoms with Gasteiger partial charge in [0.2, 0.25) is 0 Å². The van der Waals surface area contributed by atoms with Crippen LogP contribution in [-0.2, 0) is 5.41 Å². The lowest BCUT2D eigenvalue weighted by atomic mass is 9.70. The van der Waals surface area contributed by atoms with E-state index in [0.29, 0.717) is 11.4 Å². The second kappa shape index (κ2) is 12.5. The van der Waals surface area contributed by atoms with Crippen LogP contribution in [0.4, 0.5) is 34.1 Å². The SMILES string of the molecule is [2H]c1c([2H])c([2H])c(N(c2ccccc2)c2ccc3c(c2)C2(c4ccccc4-c4ccc(N(c5ccccc5)c5ccc6ccccc6c5)cc42)c2ccccc2-3)c([2H])c1[2H]. The largest absolute Gasteiger partial charge is 0.310 e. The van der Waals surface area contributed by atoms with Crippen LogP contribution in [0.15, 0.2) is 218 Å². The predicted molar refractivity (Wildman–Crippen MR) is 230 cm³/mol. The van der Waals surface area contributed by atoms with E-state index in [1.165, 1.54) is 16.5 Å². The van der Waals surface area contributed by atoms with Gasteiger partial charge in [0.1, 0.15) is 0 Å². The summed E-state index contributed by atoms with van der Waals surface area (Å²) in [6, 6.07) is 63.9. The van der Waals surface area contributed by atoms with Crippen LogP contribution in [0.3, 0.4) is 0 Å². The molecule has 9 aromatic rings. The topological polar surface area (TPSA) is 6.48 Å². The third kappa shape index (κ3) is 4.75. The molecule has 0 aromatic heterocycles. The van der Waals surface area contributed by atoms with Gasteiger partial charge in [0, 0.05) is 34.1 Å². The van der Waals surface area contributed by atoms with Crippen LogP contribution in [0, 0.1) is 0 Å². The third-order valence-electron chi connectivity index (χ3n) is 11.3. The lowest BCUT2D eigenvalue weighted by Crippen LogP contribution is -2.26. The molecule has 0 aliphatic heterocycles. The number of fused-ring (bicyclic) bond motifs is 11. The third-order valence-corrected chi connectivity index (χ3v) is 11.3. The van der Waals surface area contributed by atoms with Gasteiger partial charge in [-0.3, -0.25) is 0 Å². The molecule has 11 rings (SSSR count). The van der Waals surface area contributed by atoms with Crippen molar-refractivity contribution < 1.29 is 6.85 Å². The van der Waals surface area contributed by atoms with E-state index in [4.69, 9.17) is 6.85 Å². The Labute approximate surface area is 328 Å². The highest BCUT2D eigenvalue weighted by Crippen LogP contribution is 2.64. The van der Waals surface area contributed by atoms with Crippen LogP contribution in [0.2, 0.25) is 0 Å². The molecule has 0 heterocycles. The summed E-state index contributed by atoms with van der Waals surface area (Å²) in [6.45, 7) is 0. The molecule has 1 atom stereocenters. The van der Waals surface area contributed by atoms with Crippen LogP contribution in [-0.4, -0.2) is 0 Å². The molecular formula is C53H36N2. The molecule has 0 bridgehead atoms. The van der Waals surface area contributed by atoms with Gasteiger partial charge in [0.05, 0.1) is 12.3 Å². The van der Waals surface area contributed by atoms with Crippen molar-refractivity contribution >= 4 is 44.9 Å². The molecule has 2 aliphatic rings. The molecule has 258 valence electrons. The molecule has 1 spiro atoms. The van der Waals surface area contributed by atoms with Crippen molar-refractivity contribution in [3.63, 3.8) is 0 Å². The van der Waals surface area contributed by atoms with Crippen molar-refractivity contribution in [2.75, 3.05) is 9.80 Å². The maximum atomic E-state index is 9.11. The van der Waals surface area contributed by atoms with Gasteiger partial charge in [-0.25, -0.2) is 0 Å². The normalized spacial score (nSPS) is 15.9. The van der Waals surface area contributed by atoms with Gasteiger partial charge < -0.3 is 9.80 Å². The van der Waals surface area contributed by atoms with Gasteiger partial charge in [-0.05, 0) is 128 Å². The molecule has 0 saturated carbocycles. The minimum absolute atomic E-state index is 0.0973. The van der Waals surface area contributed by atoms with Gasteiger partial charge in [-0.2, -0.15) is 0 Å². The predicted octanol–water partition coefficient (Wildman–Crippen LogP) is 14.1. The molecule has 0 saturated heterocycles. The highest BCUT2D eigenvalue weighted by Gasteiger charge is 2.52. The number of nitrogens with zero attached hydrogens (tertiary/aromatic N) is 2. The van der Waals surface area contributed by atoms with Crippen molar-refractivity contribution in [3.8, 4) is 22.3 Å². The van der Waals surface area contributed by atoms with E-state index in [-0.39, 0.29) is 29.9 Å². The second-order valence-electron chi connectivity index (χ2n) is 14.1. The Balaban J connectivity index is 1.19. The van der Waals surface area contributed by atoms with Crippen LogP contribution in [0.1, 0.15) is 29.1 Å². The molecule has 0 N–H and O–H groups in total. The van der Waals surface area contributed by atoms with E-state index in [1.54, 1.807) is 0 Å². The van der Waals surface area contributed by atoms with Gasteiger partial charge in [-0.15, -0.1) is 0 Å². The first-order valence-corrected chi connectivity index (χ1v) is 18.6. The van der Waals surface area contributed by atoms with E-state index in [1.807, 2.05) is 47.4 Å². The van der Waals surface area contributed by atoms with Crippen LogP contribution < -0.4 is 9.80 Å². The number of benzene rings is 9. The zero-order chi connectivity index (χ0) is 40.7. The van der Waals surface area contributed by atoms with E-state index < -0.39 is 11.5 Å². The molecule has 2 aliphatic carbocycles. The van der Waals surface area contributed by atoms with Crippen molar-refractivity contribution in [1.29, 1.82) is 0 Å². The number of hydrogen-bond acceptors (Lipinski definition) is 2. The molecule has 0 fully saturated rings. The lowest BCUT2D eigenvalue weighted by molar-refractivity contribution is 0.793. The quantitative estimate of drug-likeness (QED) is 0.170. The standard InChI is InChI=1S/C53H36N2/c1-4-18-39(19-5-1)54(40-20-6-2-7-21-40)43-30-32-47-45-24-12-14-26-49(45)53(51(47)35-43)50-27-15-13-25-46(50)48-33-31-44(36-52(48)53)55(41-22-8-3-9-23-41)42-29-28-37-16-10-11-17-38(37)34-42/h1-36H/i1D,4D,5D,18D,19D. The molecular weight excluding hydrogens is 665 g/mol. The smallest absolute Gasteiger partial charge is 0.0727 e. The Bertz CT molecular complexity index is 3140. The minimum Gasteiger partial charge on any atom is -0.310 e. The number of rotatable bonds is 6. The first-order chi connectivity index (χ1) is 29.4. The zero-order valence-corrected chi connectivity index (χ0v) is 29.8. The maximum absolute atomic E-state index is 9.11. The van der Waals surface area contributed by atoms with Gasteiger partial charge in [0.25, 0.3) is 0 Å². The van der Waals surface area contributed by atoms with E-state index in [9.17, 15) is 0 Å². The van der Waals surface area contributed by atoms with E-state index in [0.717, 1.165) is 55.8 Å². The lowest BCUT2D eigenvalue weighted by Gasteiger charge is -2.33. The molecule has 2 heteroatoms. The fraction of sp³-hybridized carbons (Fsp3) is 0.0189. The Kier molecular flexibility index (Phi) is 6.03. The summed E-state index contributed by atoms with van der Waals surface area (Å²) < 4.78 is 43.9.